The number of likely N-dealkylation sites (tertiary alicyclic amines) is 1. The van der Waals surface area contributed by atoms with E-state index in [1.54, 1.807) is 12.1 Å². The summed E-state index contributed by atoms with van der Waals surface area (Å²) in [6, 6.07) is 6.63. The molecule has 2 atom stereocenters. The van der Waals surface area contributed by atoms with Gasteiger partial charge in [-0.3, -0.25) is 4.79 Å². The van der Waals surface area contributed by atoms with Gasteiger partial charge in [-0.25, -0.2) is 4.39 Å². The summed E-state index contributed by atoms with van der Waals surface area (Å²) in [6.45, 7) is 2.84. The van der Waals surface area contributed by atoms with Crippen molar-refractivity contribution in [2.45, 2.75) is 30.6 Å². The maximum absolute atomic E-state index is 12.8. The molecule has 1 fully saturated rings. The maximum atomic E-state index is 12.8. The van der Waals surface area contributed by atoms with Gasteiger partial charge in [-0.1, -0.05) is 28.1 Å². The first-order valence-corrected chi connectivity index (χ1v) is 6.68. The average Bonchev–Trinajstić information content (AvgIpc) is 2.63. The number of hydrogen-bond acceptors (Lipinski definition) is 1. The number of alkyl halides is 1. The van der Waals surface area contributed by atoms with Gasteiger partial charge in [-0.05, 0) is 37.5 Å². The van der Waals surface area contributed by atoms with Crippen LogP contribution in [0.1, 0.15) is 18.9 Å². The zero-order chi connectivity index (χ0) is 12.4. The van der Waals surface area contributed by atoms with Gasteiger partial charge in [-0.15, -0.1) is 0 Å². The van der Waals surface area contributed by atoms with Gasteiger partial charge in [0.05, 0.1) is 4.83 Å². The molecule has 0 spiro atoms. The van der Waals surface area contributed by atoms with Crippen LogP contribution in [0.4, 0.5) is 4.39 Å². The Bertz CT molecular complexity index is 406. The Morgan fingerprint density at radius 1 is 1.47 bits per heavy atom. The number of halogens is 2. The van der Waals surface area contributed by atoms with Crippen LogP contribution >= 0.6 is 15.9 Å². The molecule has 2 rings (SSSR count). The van der Waals surface area contributed by atoms with Crippen molar-refractivity contribution in [2.75, 3.05) is 6.54 Å². The van der Waals surface area contributed by atoms with Gasteiger partial charge in [0.25, 0.3) is 0 Å². The van der Waals surface area contributed by atoms with Crippen LogP contribution in [0.2, 0.25) is 0 Å². The zero-order valence-corrected chi connectivity index (χ0v) is 11.3. The van der Waals surface area contributed by atoms with E-state index in [4.69, 9.17) is 0 Å². The van der Waals surface area contributed by atoms with E-state index in [1.807, 2.05) is 11.8 Å². The minimum absolute atomic E-state index is 0.0295. The molecule has 1 amide bonds. The largest absolute Gasteiger partial charge is 0.339 e. The Morgan fingerprint density at radius 2 is 2.12 bits per heavy atom. The summed E-state index contributed by atoms with van der Waals surface area (Å²) in [4.78, 5) is 13.7. The lowest BCUT2D eigenvalue weighted by Crippen LogP contribution is -2.37. The summed E-state index contributed by atoms with van der Waals surface area (Å²) in [5.74, 6) is -0.0567. The fourth-order valence-corrected chi connectivity index (χ4v) is 2.64. The molecule has 1 aromatic carbocycles. The summed E-state index contributed by atoms with van der Waals surface area (Å²) in [5, 5.41) is 0. The lowest BCUT2D eigenvalue weighted by atomic mass is 10.1. The highest BCUT2D eigenvalue weighted by Gasteiger charge is 2.32. The summed E-state index contributed by atoms with van der Waals surface area (Å²) in [6.07, 6.45) is 1.64. The normalized spacial score (nSPS) is 21.9. The average molecular weight is 300 g/mol. The van der Waals surface area contributed by atoms with Crippen molar-refractivity contribution in [1.82, 2.24) is 4.90 Å². The lowest BCUT2D eigenvalue weighted by molar-refractivity contribution is -0.128. The molecule has 1 heterocycles. The standard InChI is InChI=1S/C13H15BrFNO/c1-9(16-7-6-12(14)13(16)17)8-10-2-4-11(15)5-3-10/h2-5,9,12H,6-8H2,1H3. The van der Waals surface area contributed by atoms with Crippen molar-refractivity contribution in [2.24, 2.45) is 0 Å². The molecule has 0 saturated carbocycles. The van der Waals surface area contributed by atoms with E-state index in [9.17, 15) is 9.18 Å². The molecule has 1 saturated heterocycles. The summed E-state index contributed by atoms with van der Waals surface area (Å²) >= 11 is 3.37. The fraction of sp³-hybridized carbons (Fsp3) is 0.462. The molecule has 0 aromatic heterocycles. The second-order valence-electron chi connectivity index (χ2n) is 4.47. The minimum atomic E-state index is -0.223. The summed E-state index contributed by atoms with van der Waals surface area (Å²) in [5.41, 5.74) is 1.06. The van der Waals surface area contributed by atoms with Crippen LogP contribution in [0.25, 0.3) is 0 Å². The molecule has 1 aliphatic rings. The number of amides is 1. The number of hydrogen-bond donors (Lipinski definition) is 0. The molecule has 0 bridgehead atoms. The van der Waals surface area contributed by atoms with Gasteiger partial charge in [0.15, 0.2) is 0 Å². The van der Waals surface area contributed by atoms with Gasteiger partial charge in [0.1, 0.15) is 5.82 Å². The molecule has 17 heavy (non-hydrogen) atoms. The Balaban J connectivity index is 1.99. The van der Waals surface area contributed by atoms with Crippen molar-refractivity contribution in [3.63, 3.8) is 0 Å². The van der Waals surface area contributed by atoms with Crippen LogP contribution in [0.5, 0.6) is 0 Å². The van der Waals surface area contributed by atoms with E-state index < -0.39 is 0 Å². The Hall–Kier alpha value is -0.900. The topological polar surface area (TPSA) is 20.3 Å². The molecule has 2 nitrogen and oxygen atoms in total. The Kier molecular flexibility index (Phi) is 3.82. The highest BCUT2D eigenvalue weighted by Crippen LogP contribution is 2.22. The van der Waals surface area contributed by atoms with Crippen LogP contribution in [-0.2, 0) is 11.2 Å². The van der Waals surface area contributed by atoms with E-state index in [1.165, 1.54) is 12.1 Å². The van der Waals surface area contributed by atoms with Crippen molar-refractivity contribution < 1.29 is 9.18 Å². The van der Waals surface area contributed by atoms with Gasteiger partial charge in [0, 0.05) is 12.6 Å². The molecule has 1 aliphatic heterocycles. The third-order valence-electron chi connectivity index (χ3n) is 3.15. The molecule has 2 unspecified atom stereocenters. The monoisotopic (exact) mass is 299 g/mol. The van der Waals surface area contributed by atoms with E-state index in [2.05, 4.69) is 15.9 Å². The van der Waals surface area contributed by atoms with Gasteiger partial charge in [-0.2, -0.15) is 0 Å². The number of carbonyl (C=O) groups excluding carboxylic acids is 1. The smallest absolute Gasteiger partial charge is 0.236 e. The van der Waals surface area contributed by atoms with E-state index in [-0.39, 0.29) is 22.6 Å². The number of nitrogens with zero attached hydrogens (tertiary/aromatic N) is 1. The fourth-order valence-electron chi connectivity index (χ4n) is 2.18. The van der Waals surface area contributed by atoms with Crippen LogP contribution < -0.4 is 0 Å². The number of benzene rings is 1. The second-order valence-corrected chi connectivity index (χ2v) is 5.57. The van der Waals surface area contributed by atoms with Crippen molar-refractivity contribution in [3.05, 3.63) is 35.6 Å². The molecular formula is C13H15BrFNO. The van der Waals surface area contributed by atoms with Gasteiger partial charge in [0.2, 0.25) is 5.91 Å². The predicted octanol–water partition coefficient (Wildman–Crippen LogP) is 2.75. The van der Waals surface area contributed by atoms with Crippen LogP contribution in [0, 0.1) is 5.82 Å². The van der Waals surface area contributed by atoms with E-state index >= 15 is 0 Å². The molecule has 4 heteroatoms. The molecule has 1 aromatic rings. The summed E-state index contributed by atoms with van der Waals surface area (Å²) in [7, 11) is 0. The predicted molar refractivity (Wildman–Crippen MR) is 68.6 cm³/mol. The van der Waals surface area contributed by atoms with Crippen LogP contribution in [0.15, 0.2) is 24.3 Å². The van der Waals surface area contributed by atoms with Crippen LogP contribution in [-0.4, -0.2) is 28.2 Å². The molecule has 0 aliphatic carbocycles. The molecular weight excluding hydrogens is 285 g/mol. The van der Waals surface area contributed by atoms with Gasteiger partial charge >= 0.3 is 0 Å². The third kappa shape index (κ3) is 2.86. The summed E-state index contributed by atoms with van der Waals surface area (Å²) < 4.78 is 12.8. The lowest BCUT2D eigenvalue weighted by Gasteiger charge is -2.24. The number of rotatable bonds is 3. The van der Waals surface area contributed by atoms with Crippen molar-refractivity contribution >= 4 is 21.8 Å². The minimum Gasteiger partial charge on any atom is -0.339 e. The Labute approximate surface area is 109 Å². The molecule has 0 radical (unpaired) electrons. The van der Waals surface area contributed by atoms with E-state index in [0.717, 1.165) is 24.9 Å². The Morgan fingerprint density at radius 3 is 2.65 bits per heavy atom. The van der Waals surface area contributed by atoms with E-state index in [0.29, 0.717) is 0 Å². The second kappa shape index (κ2) is 5.17. The van der Waals surface area contributed by atoms with Gasteiger partial charge < -0.3 is 4.90 Å². The SMILES string of the molecule is CC(Cc1ccc(F)cc1)N1CCC(Br)C1=O. The number of carbonyl (C=O) groups is 1. The zero-order valence-electron chi connectivity index (χ0n) is 9.70. The van der Waals surface area contributed by atoms with Crippen molar-refractivity contribution in [1.29, 1.82) is 0 Å². The first kappa shape index (κ1) is 12.6. The highest BCUT2D eigenvalue weighted by molar-refractivity contribution is 9.10. The first-order chi connectivity index (χ1) is 8.08. The molecule has 92 valence electrons. The first-order valence-electron chi connectivity index (χ1n) is 5.77. The molecule has 0 N–H and O–H groups in total. The van der Waals surface area contributed by atoms with Crippen LogP contribution in [0.3, 0.4) is 0 Å². The highest BCUT2D eigenvalue weighted by atomic mass is 79.9. The maximum Gasteiger partial charge on any atom is 0.236 e. The van der Waals surface area contributed by atoms with Crippen molar-refractivity contribution in [3.8, 4) is 0 Å². The third-order valence-corrected chi connectivity index (χ3v) is 4.00. The quantitative estimate of drug-likeness (QED) is 0.786.